The molecule has 2 aromatic carbocycles. The second-order valence-corrected chi connectivity index (χ2v) is 14.5. The summed E-state index contributed by atoms with van der Waals surface area (Å²) in [4.78, 5) is 0.270. The average molecular weight is 611 g/mol. The van der Waals surface area contributed by atoms with Crippen LogP contribution in [0.5, 0.6) is 23.0 Å². The average Bonchev–Trinajstić information content (AvgIpc) is 3.00. The molecular formula is C29H42N2O8S2. The first kappa shape index (κ1) is 31.4. The summed E-state index contributed by atoms with van der Waals surface area (Å²) in [5.41, 5.74) is 0. The normalized spacial score (nSPS) is 18.2. The predicted octanol–water partition coefficient (Wildman–Crippen LogP) is 4.39. The zero-order valence-corrected chi connectivity index (χ0v) is 26.0. The first-order valence-electron chi connectivity index (χ1n) is 14.1. The van der Waals surface area contributed by atoms with Crippen molar-refractivity contribution in [1.29, 1.82) is 0 Å². The van der Waals surface area contributed by atoms with Gasteiger partial charge in [-0.05, 0) is 61.8 Å². The van der Waals surface area contributed by atoms with Crippen LogP contribution in [0, 0.1) is 11.8 Å². The minimum Gasteiger partial charge on any atom is -0.497 e. The summed E-state index contributed by atoms with van der Waals surface area (Å²) in [5.74, 6) is 2.54. The molecule has 12 heteroatoms. The van der Waals surface area contributed by atoms with Crippen LogP contribution in [-0.4, -0.2) is 80.1 Å². The van der Waals surface area contributed by atoms with Gasteiger partial charge in [0.05, 0.1) is 28.4 Å². The molecule has 4 rings (SSSR count). The second-order valence-electron chi connectivity index (χ2n) is 10.7. The molecule has 0 aromatic heterocycles. The molecule has 2 aliphatic rings. The van der Waals surface area contributed by atoms with Crippen molar-refractivity contribution in [3.8, 4) is 23.0 Å². The van der Waals surface area contributed by atoms with Crippen LogP contribution in [0.3, 0.4) is 0 Å². The number of benzene rings is 2. The molecule has 0 N–H and O–H groups in total. The van der Waals surface area contributed by atoms with E-state index >= 15 is 0 Å². The quantitative estimate of drug-likeness (QED) is 0.348. The van der Waals surface area contributed by atoms with Gasteiger partial charge in [0, 0.05) is 38.3 Å². The van der Waals surface area contributed by atoms with Crippen LogP contribution in [0.25, 0.3) is 0 Å². The zero-order valence-electron chi connectivity index (χ0n) is 24.4. The van der Waals surface area contributed by atoms with Crippen LogP contribution in [0.4, 0.5) is 0 Å². The highest BCUT2D eigenvalue weighted by atomic mass is 32.2. The Morgan fingerprint density at radius 2 is 0.976 bits per heavy atom. The molecule has 2 saturated heterocycles. The lowest BCUT2D eigenvalue weighted by atomic mass is 9.87. The number of nitrogens with zero attached hydrogens (tertiary/aromatic N) is 2. The van der Waals surface area contributed by atoms with Gasteiger partial charge < -0.3 is 18.9 Å². The number of methoxy groups -OCH3 is 4. The summed E-state index contributed by atoms with van der Waals surface area (Å²) in [6.07, 6.45) is 6.46. The maximum Gasteiger partial charge on any atom is 0.246 e. The highest BCUT2D eigenvalue weighted by Crippen LogP contribution is 2.35. The molecule has 0 bridgehead atoms. The molecule has 0 unspecified atom stereocenters. The molecule has 41 heavy (non-hydrogen) atoms. The monoisotopic (exact) mass is 610 g/mol. The summed E-state index contributed by atoms with van der Waals surface area (Å²) >= 11 is 0. The van der Waals surface area contributed by atoms with Crippen molar-refractivity contribution in [1.82, 2.24) is 8.61 Å². The fourth-order valence-electron chi connectivity index (χ4n) is 5.82. The molecule has 10 nitrogen and oxygen atoms in total. The van der Waals surface area contributed by atoms with Gasteiger partial charge in [0.1, 0.15) is 32.8 Å². The summed E-state index contributed by atoms with van der Waals surface area (Å²) in [7, 11) is -1.42. The first-order chi connectivity index (χ1) is 19.6. The van der Waals surface area contributed by atoms with Crippen molar-refractivity contribution >= 4 is 20.0 Å². The lowest BCUT2D eigenvalue weighted by Crippen LogP contribution is -2.39. The standard InChI is InChI=1S/C29H42N2O8S2/c1-36-24-8-10-26(38-3)28(20-24)40(32,33)30-16-12-22(13-17-30)6-5-7-23-14-18-31(19-15-23)41(34,35)29-21-25(37-2)9-11-27(29)39-4/h8-11,20-23H,5-7,12-19H2,1-4H3. The Morgan fingerprint density at radius 3 is 1.29 bits per heavy atom. The minimum absolute atomic E-state index is 0.135. The molecule has 0 amide bonds. The molecule has 2 aromatic rings. The van der Waals surface area contributed by atoms with E-state index < -0.39 is 20.0 Å². The van der Waals surface area contributed by atoms with Crippen molar-refractivity contribution in [2.24, 2.45) is 11.8 Å². The highest BCUT2D eigenvalue weighted by molar-refractivity contribution is 7.89. The van der Waals surface area contributed by atoms with Gasteiger partial charge in [-0.1, -0.05) is 19.3 Å². The minimum atomic E-state index is -3.68. The predicted molar refractivity (Wildman–Crippen MR) is 156 cm³/mol. The third kappa shape index (κ3) is 7.10. The molecule has 0 atom stereocenters. The maximum absolute atomic E-state index is 13.3. The molecule has 2 fully saturated rings. The maximum atomic E-state index is 13.3. The summed E-state index contributed by atoms with van der Waals surface area (Å²) in [5, 5.41) is 0. The van der Waals surface area contributed by atoms with Crippen LogP contribution in [0.2, 0.25) is 0 Å². The fourth-order valence-corrected chi connectivity index (χ4v) is 9.10. The van der Waals surface area contributed by atoms with Gasteiger partial charge in [0.15, 0.2) is 0 Å². The van der Waals surface area contributed by atoms with Gasteiger partial charge in [-0.15, -0.1) is 0 Å². The number of rotatable bonds is 12. The van der Waals surface area contributed by atoms with Gasteiger partial charge >= 0.3 is 0 Å². The van der Waals surface area contributed by atoms with Crippen molar-refractivity contribution < 1.29 is 35.8 Å². The van der Waals surface area contributed by atoms with Crippen LogP contribution < -0.4 is 18.9 Å². The molecule has 228 valence electrons. The van der Waals surface area contributed by atoms with Crippen LogP contribution in [0.1, 0.15) is 44.9 Å². The Balaban J connectivity index is 1.24. The van der Waals surface area contributed by atoms with E-state index in [1.807, 2.05) is 0 Å². The Hall–Kier alpha value is -2.54. The number of hydrogen-bond acceptors (Lipinski definition) is 8. The van der Waals surface area contributed by atoms with Gasteiger partial charge in [-0.3, -0.25) is 0 Å². The summed E-state index contributed by atoms with van der Waals surface area (Å²) in [6.45, 7) is 1.93. The van der Waals surface area contributed by atoms with Crippen LogP contribution in [0.15, 0.2) is 46.2 Å². The summed E-state index contributed by atoms with van der Waals surface area (Å²) in [6, 6.07) is 9.64. The molecule has 2 heterocycles. The Kier molecular flexibility index (Phi) is 10.4. The number of piperidine rings is 2. The number of sulfonamides is 2. The molecular weight excluding hydrogens is 568 g/mol. The van der Waals surface area contributed by atoms with Gasteiger partial charge in [0.25, 0.3) is 0 Å². The molecule has 0 saturated carbocycles. The van der Waals surface area contributed by atoms with Crippen molar-refractivity contribution in [3.05, 3.63) is 36.4 Å². The van der Waals surface area contributed by atoms with Crippen molar-refractivity contribution in [2.75, 3.05) is 54.6 Å². The zero-order chi connectivity index (χ0) is 29.6. The van der Waals surface area contributed by atoms with E-state index in [1.54, 1.807) is 32.9 Å². The SMILES string of the molecule is COc1ccc(OC)c(S(=O)(=O)N2CCC(CCCC3CCN(S(=O)(=O)c4cc(OC)ccc4OC)CC3)CC2)c1. The topological polar surface area (TPSA) is 112 Å². The number of hydrogen-bond donors (Lipinski definition) is 0. The lowest BCUT2D eigenvalue weighted by molar-refractivity contribution is 0.234. The summed E-state index contributed by atoms with van der Waals surface area (Å²) < 4.78 is 77.6. The van der Waals surface area contributed by atoms with Crippen molar-refractivity contribution in [3.63, 3.8) is 0 Å². The highest BCUT2D eigenvalue weighted by Gasteiger charge is 2.34. The Bertz CT molecular complexity index is 1280. The first-order valence-corrected chi connectivity index (χ1v) is 17.0. The number of ether oxygens (including phenoxy) is 4. The van der Waals surface area contributed by atoms with Gasteiger partial charge in [0.2, 0.25) is 20.0 Å². The van der Waals surface area contributed by atoms with E-state index in [0.717, 1.165) is 44.9 Å². The van der Waals surface area contributed by atoms with E-state index in [9.17, 15) is 16.8 Å². The third-order valence-electron chi connectivity index (χ3n) is 8.35. The molecule has 0 spiro atoms. The molecule has 0 aliphatic carbocycles. The Morgan fingerprint density at radius 1 is 0.610 bits per heavy atom. The van der Waals surface area contributed by atoms with Gasteiger partial charge in [-0.25, -0.2) is 16.8 Å². The molecule has 0 radical (unpaired) electrons. The van der Waals surface area contributed by atoms with E-state index in [4.69, 9.17) is 18.9 Å². The van der Waals surface area contributed by atoms with E-state index in [0.29, 0.717) is 61.0 Å². The largest absolute Gasteiger partial charge is 0.497 e. The van der Waals surface area contributed by atoms with E-state index in [-0.39, 0.29) is 9.79 Å². The van der Waals surface area contributed by atoms with Crippen LogP contribution >= 0.6 is 0 Å². The van der Waals surface area contributed by atoms with Crippen LogP contribution in [-0.2, 0) is 20.0 Å². The second kappa shape index (κ2) is 13.6. The molecule has 2 aliphatic heterocycles. The Labute approximate surface area is 244 Å². The van der Waals surface area contributed by atoms with Crippen molar-refractivity contribution in [2.45, 2.75) is 54.7 Å². The van der Waals surface area contributed by atoms with E-state index in [2.05, 4.69) is 0 Å². The third-order valence-corrected chi connectivity index (χ3v) is 12.2. The lowest BCUT2D eigenvalue weighted by Gasteiger charge is -2.33. The van der Waals surface area contributed by atoms with Gasteiger partial charge in [-0.2, -0.15) is 8.61 Å². The fraction of sp³-hybridized carbons (Fsp3) is 0.586. The van der Waals surface area contributed by atoms with E-state index in [1.165, 1.54) is 40.6 Å². The smallest absolute Gasteiger partial charge is 0.246 e.